The summed E-state index contributed by atoms with van der Waals surface area (Å²) < 4.78 is 38.4. The molecule has 1 aliphatic rings. The number of hydrogen-bond acceptors (Lipinski definition) is 8. The Morgan fingerprint density at radius 1 is 1.04 bits per heavy atom. The Morgan fingerprint density at radius 3 is 2.22 bits per heavy atom. The second-order valence-electron chi connectivity index (χ2n) is 4.92. The molecule has 0 bridgehead atoms. The number of carbonyl (C=O) groups is 3. The molecular weight excluding hydrogens is 315 g/mol. The molecule has 0 aromatic carbocycles. The molecule has 0 aliphatic carbocycles. The predicted octanol–water partition coefficient (Wildman–Crippen LogP) is 0.166. The Labute approximate surface area is 133 Å². The molecule has 0 unspecified atom stereocenters. The van der Waals surface area contributed by atoms with Gasteiger partial charge in [0.1, 0.15) is 25.5 Å². The van der Waals surface area contributed by atoms with Gasteiger partial charge >= 0.3 is 17.9 Å². The van der Waals surface area contributed by atoms with Crippen LogP contribution in [0.5, 0.6) is 0 Å². The lowest BCUT2D eigenvalue weighted by molar-refractivity contribution is -0.233. The molecule has 0 aromatic rings. The summed E-state index contributed by atoms with van der Waals surface area (Å²) in [5, 5.41) is 0. The number of halogens is 1. The topological polar surface area (TPSA) is 97.4 Å². The molecule has 0 saturated carbocycles. The van der Waals surface area contributed by atoms with E-state index in [2.05, 4.69) is 0 Å². The molecule has 0 spiro atoms. The highest BCUT2D eigenvalue weighted by Crippen LogP contribution is 2.24. The van der Waals surface area contributed by atoms with Gasteiger partial charge in [-0.2, -0.15) is 0 Å². The second-order valence-corrected chi connectivity index (χ2v) is 4.92. The standard InChI is InChI=1S/C14H21FO8/c1-8(16)20-6-11-14(23-10(3)18)13(19-5-4-15)12(7-21-11)22-9(2)17/h11-14H,4-7H2,1-3H3/t11-,12+,13+,14-/m1/s1. The van der Waals surface area contributed by atoms with Crippen molar-refractivity contribution in [3.05, 3.63) is 0 Å². The Bertz CT molecular complexity index is 427. The fourth-order valence-corrected chi connectivity index (χ4v) is 2.21. The summed E-state index contributed by atoms with van der Waals surface area (Å²) in [4.78, 5) is 33.4. The summed E-state index contributed by atoms with van der Waals surface area (Å²) in [6.07, 6.45) is -3.60. The van der Waals surface area contributed by atoms with Gasteiger partial charge in [0.25, 0.3) is 0 Å². The van der Waals surface area contributed by atoms with Crippen LogP contribution in [0.2, 0.25) is 0 Å². The Kier molecular flexibility index (Phi) is 7.90. The number of carbonyl (C=O) groups excluding carboxylic acids is 3. The van der Waals surface area contributed by atoms with Crippen molar-refractivity contribution in [3.63, 3.8) is 0 Å². The first-order valence-corrected chi connectivity index (χ1v) is 7.12. The quantitative estimate of drug-likeness (QED) is 0.479. The average Bonchev–Trinajstić information content (AvgIpc) is 2.44. The minimum atomic E-state index is -1.00. The lowest BCUT2D eigenvalue weighted by atomic mass is 9.99. The van der Waals surface area contributed by atoms with E-state index in [1.54, 1.807) is 0 Å². The highest BCUT2D eigenvalue weighted by atomic mass is 19.1. The molecule has 132 valence electrons. The number of esters is 3. The normalized spacial score (nSPS) is 27.1. The summed E-state index contributed by atoms with van der Waals surface area (Å²) in [6.45, 7) is 2.37. The van der Waals surface area contributed by atoms with Gasteiger partial charge in [-0.25, -0.2) is 4.39 Å². The van der Waals surface area contributed by atoms with Gasteiger partial charge in [0, 0.05) is 20.8 Å². The van der Waals surface area contributed by atoms with Crippen molar-refractivity contribution in [2.45, 2.75) is 45.2 Å². The molecule has 0 aromatic heterocycles. The maximum atomic E-state index is 12.4. The Balaban J connectivity index is 2.91. The minimum Gasteiger partial charge on any atom is -0.463 e. The maximum Gasteiger partial charge on any atom is 0.303 e. The highest BCUT2D eigenvalue weighted by Gasteiger charge is 2.45. The summed E-state index contributed by atoms with van der Waals surface area (Å²) in [7, 11) is 0. The fraction of sp³-hybridized carbons (Fsp3) is 0.786. The first-order valence-electron chi connectivity index (χ1n) is 7.12. The predicted molar refractivity (Wildman–Crippen MR) is 73.2 cm³/mol. The first-order chi connectivity index (χ1) is 10.8. The van der Waals surface area contributed by atoms with Crippen LogP contribution in [-0.4, -0.2) is 68.8 Å². The van der Waals surface area contributed by atoms with Gasteiger partial charge in [-0.3, -0.25) is 14.4 Å². The van der Waals surface area contributed by atoms with Gasteiger partial charge in [-0.1, -0.05) is 0 Å². The van der Waals surface area contributed by atoms with Gasteiger partial charge in [0.2, 0.25) is 0 Å². The molecule has 0 radical (unpaired) electrons. The molecule has 9 heteroatoms. The van der Waals surface area contributed by atoms with E-state index in [0.717, 1.165) is 0 Å². The molecule has 0 N–H and O–H groups in total. The lowest BCUT2D eigenvalue weighted by Gasteiger charge is -2.40. The molecule has 23 heavy (non-hydrogen) atoms. The van der Waals surface area contributed by atoms with E-state index >= 15 is 0 Å². The monoisotopic (exact) mass is 336 g/mol. The lowest BCUT2D eigenvalue weighted by Crippen LogP contribution is -2.58. The van der Waals surface area contributed by atoms with E-state index in [9.17, 15) is 18.8 Å². The van der Waals surface area contributed by atoms with E-state index < -0.39 is 49.0 Å². The van der Waals surface area contributed by atoms with Crippen LogP contribution in [0.25, 0.3) is 0 Å². The molecule has 4 atom stereocenters. The average molecular weight is 336 g/mol. The minimum absolute atomic E-state index is 0.0553. The van der Waals surface area contributed by atoms with Gasteiger partial charge < -0.3 is 23.7 Å². The fourth-order valence-electron chi connectivity index (χ4n) is 2.21. The molecule has 8 nitrogen and oxygen atoms in total. The van der Waals surface area contributed by atoms with Gasteiger partial charge in [-0.15, -0.1) is 0 Å². The molecular formula is C14H21FO8. The van der Waals surface area contributed by atoms with Crippen molar-refractivity contribution in [3.8, 4) is 0 Å². The number of hydrogen-bond donors (Lipinski definition) is 0. The van der Waals surface area contributed by atoms with Crippen LogP contribution in [0.15, 0.2) is 0 Å². The van der Waals surface area contributed by atoms with E-state index in [1.165, 1.54) is 20.8 Å². The first kappa shape index (κ1) is 19.3. The van der Waals surface area contributed by atoms with Crippen molar-refractivity contribution in [1.29, 1.82) is 0 Å². The van der Waals surface area contributed by atoms with Crippen LogP contribution in [0.3, 0.4) is 0 Å². The van der Waals surface area contributed by atoms with Gasteiger partial charge in [0.05, 0.1) is 13.2 Å². The van der Waals surface area contributed by atoms with E-state index in [1.807, 2.05) is 0 Å². The Morgan fingerprint density at radius 2 is 1.70 bits per heavy atom. The van der Waals surface area contributed by atoms with Crippen LogP contribution in [0.1, 0.15) is 20.8 Å². The van der Waals surface area contributed by atoms with Crippen molar-refractivity contribution >= 4 is 17.9 Å². The van der Waals surface area contributed by atoms with Crippen LogP contribution in [-0.2, 0) is 38.1 Å². The van der Waals surface area contributed by atoms with Gasteiger partial charge in [0.15, 0.2) is 12.2 Å². The summed E-state index contributed by atoms with van der Waals surface area (Å²) in [6, 6.07) is 0. The smallest absolute Gasteiger partial charge is 0.303 e. The number of ether oxygens (including phenoxy) is 5. The van der Waals surface area contributed by atoms with Crippen LogP contribution < -0.4 is 0 Å². The zero-order chi connectivity index (χ0) is 17.4. The third-order valence-corrected chi connectivity index (χ3v) is 2.99. The molecule has 1 saturated heterocycles. The zero-order valence-electron chi connectivity index (χ0n) is 13.3. The molecule has 1 aliphatic heterocycles. The SMILES string of the molecule is CC(=O)OC[C@H]1OC[C@H](OC(C)=O)[C@H](OCCF)[C@@H]1OC(C)=O. The molecule has 1 rings (SSSR count). The van der Waals surface area contributed by atoms with Crippen molar-refractivity contribution < 1.29 is 42.5 Å². The highest BCUT2D eigenvalue weighted by molar-refractivity contribution is 5.67. The largest absolute Gasteiger partial charge is 0.463 e. The van der Waals surface area contributed by atoms with E-state index in [0.29, 0.717) is 0 Å². The maximum absolute atomic E-state index is 12.4. The molecule has 1 fully saturated rings. The number of alkyl halides is 1. The summed E-state index contributed by atoms with van der Waals surface area (Å²) in [5.74, 6) is -1.73. The number of rotatable bonds is 7. The van der Waals surface area contributed by atoms with E-state index in [4.69, 9.17) is 23.7 Å². The van der Waals surface area contributed by atoms with E-state index in [-0.39, 0.29) is 19.8 Å². The summed E-state index contributed by atoms with van der Waals surface area (Å²) >= 11 is 0. The van der Waals surface area contributed by atoms with Gasteiger partial charge in [-0.05, 0) is 0 Å². The van der Waals surface area contributed by atoms with Crippen molar-refractivity contribution in [2.75, 3.05) is 26.5 Å². The third-order valence-electron chi connectivity index (χ3n) is 2.99. The van der Waals surface area contributed by atoms with Crippen molar-refractivity contribution in [2.24, 2.45) is 0 Å². The van der Waals surface area contributed by atoms with Crippen molar-refractivity contribution in [1.82, 2.24) is 0 Å². The molecule has 1 heterocycles. The Hall–Kier alpha value is -1.74. The second kappa shape index (κ2) is 9.41. The third kappa shape index (κ3) is 6.49. The summed E-state index contributed by atoms with van der Waals surface area (Å²) in [5.41, 5.74) is 0. The van der Waals surface area contributed by atoms with Crippen LogP contribution in [0.4, 0.5) is 4.39 Å². The van der Waals surface area contributed by atoms with Crippen LogP contribution >= 0.6 is 0 Å². The molecule has 0 amide bonds. The zero-order valence-corrected chi connectivity index (χ0v) is 13.3. The van der Waals surface area contributed by atoms with Crippen LogP contribution in [0, 0.1) is 0 Å².